The van der Waals surface area contributed by atoms with Crippen LogP contribution in [0.4, 0.5) is 0 Å². The standard InChI is InChI=1S/C25H48N2O/c1-23(2,3)19-11-14-26(15-12-19)18-25(7,8)28-22-17-20(24(4,5)6)13-16-27(22)21-9-10-21/h19-22H,9-18H2,1-8H3. The molecule has 2 saturated heterocycles. The van der Waals surface area contributed by atoms with Crippen LogP contribution in [0, 0.1) is 22.7 Å². The lowest BCUT2D eigenvalue weighted by atomic mass is 9.74. The minimum atomic E-state index is -0.0772. The Labute approximate surface area is 175 Å². The molecule has 2 heterocycles. The van der Waals surface area contributed by atoms with E-state index in [4.69, 9.17) is 4.74 Å². The van der Waals surface area contributed by atoms with Crippen LogP contribution < -0.4 is 0 Å². The van der Waals surface area contributed by atoms with Gasteiger partial charge in [-0.15, -0.1) is 0 Å². The number of ether oxygens (including phenoxy) is 1. The Morgan fingerprint density at radius 1 is 0.714 bits per heavy atom. The van der Waals surface area contributed by atoms with Crippen molar-refractivity contribution in [3.63, 3.8) is 0 Å². The zero-order chi connectivity index (χ0) is 20.7. The lowest BCUT2D eigenvalue weighted by Gasteiger charge is -2.47. The monoisotopic (exact) mass is 392 g/mol. The van der Waals surface area contributed by atoms with Gasteiger partial charge in [-0.05, 0) is 88.1 Å². The highest BCUT2D eigenvalue weighted by Crippen LogP contribution is 2.42. The van der Waals surface area contributed by atoms with Gasteiger partial charge in [-0.2, -0.15) is 0 Å². The lowest BCUT2D eigenvalue weighted by Crippen LogP contribution is -2.53. The molecule has 0 N–H and O–H groups in total. The molecule has 0 amide bonds. The van der Waals surface area contributed by atoms with Crippen LogP contribution in [-0.2, 0) is 4.74 Å². The van der Waals surface area contributed by atoms with E-state index in [2.05, 4.69) is 65.2 Å². The fourth-order valence-electron chi connectivity index (χ4n) is 5.57. The Balaban J connectivity index is 1.57. The second-order valence-electron chi connectivity index (χ2n) is 12.8. The highest BCUT2D eigenvalue weighted by molar-refractivity contribution is 4.93. The average molecular weight is 393 g/mol. The van der Waals surface area contributed by atoms with Crippen LogP contribution in [0.15, 0.2) is 0 Å². The second kappa shape index (κ2) is 8.19. The van der Waals surface area contributed by atoms with Gasteiger partial charge in [0.1, 0.15) is 6.23 Å². The molecular formula is C25H48N2O. The Morgan fingerprint density at radius 2 is 1.25 bits per heavy atom. The molecule has 0 aromatic carbocycles. The van der Waals surface area contributed by atoms with Crippen molar-refractivity contribution in [2.75, 3.05) is 26.2 Å². The van der Waals surface area contributed by atoms with Gasteiger partial charge in [0.05, 0.1) is 5.60 Å². The Kier molecular flexibility index (Phi) is 6.60. The summed E-state index contributed by atoms with van der Waals surface area (Å²) in [5.74, 6) is 1.63. The van der Waals surface area contributed by atoms with Crippen LogP contribution in [0.25, 0.3) is 0 Å². The first-order valence-electron chi connectivity index (χ1n) is 12.0. The summed E-state index contributed by atoms with van der Waals surface area (Å²) in [5, 5.41) is 0. The summed E-state index contributed by atoms with van der Waals surface area (Å²) in [6, 6.07) is 0.796. The van der Waals surface area contributed by atoms with Gasteiger partial charge in [0.25, 0.3) is 0 Å². The predicted octanol–water partition coefficient (Wildman–Crippen LogP) is 5.79. The van der Waals surface area contributed by atoms with Crippen LogP contribution in [0.1, 0.15) is 93.9 Å². The fourth-order valence-corrected chi connectivity index (χ4v) is 5.57. The molecule has 2 aliphatic heterocycles. The molecule has 1 saturated carbocycles. The van der Waals surface area contributed by atoms with Crippen molar-refractivity contribution >= 4 is 0 Å². The molecule has 3 rings (SSSR count). The van der Waals surface area contributed by atoms with Crippen LogP contribution >= 0.6 is 0 Å². The third-order valence-corrected chi connectivity index (χ3v) is 7.70. The Bertz CT molecular complexity index is 504. The summed E-state index contributed by atoms with van der Waals surface area (Å²) in [6.45, 7) is 23.9. The van der Waals surface area contributed by atoms with Crippen LogP contribution in [-0.4, -0.2) is 53.8 Å². The number of piperidine rings is 2. The highest BCUT2D eigenvalue weighted by Gasteiger charge is 2.43. The molecule has 0 spiro atoms. The first kappa shape index (κ1) is 22.6. The summed E-state index contributed by atoms with van der Waals surface area (Å²) in [4.78, 5) is 5.36. The first-order chi connectivity index (χ1) is 12.9. The third kappa shape index (κ3) is 5.95. The smallest absolute Gasteiger partial charge is 0.111 e. The van der Waals surface area contributed by atoms with Gasteiger partial charge in [0.2, 0.25) is 0 Å². The van der Waals surface area contributed by atoms with E-state index in [0.29, 0.717) is 17.1 Å². The van der Waals surface area contributed by atoms with Gasteiger partial charge < -0.3 is 9.64 Å². The van der Waals surface area contributed by atoms with Crippen LogP contribution in [0.2, 0.25) is 0 Å². The van der Waals surface area contributed by atoms with E-state index in [1.165, 1.54) is 58.2 Å². The zero-order valence-electron chi connectivity index (χ0n) is 20.2. The van der Waals surface area contributed by atoms with Gasteiger partial charge in [0.15, 0.2) is 0 Å². The van der Waals surface area contributed by atoms with Crippen molar-refractivity contribution in [3.8, 4) is 0 Å². The topological polar surface area (TPSA) is 15.7 Å². The molecule has 28 heavy (non-hydrogen) atoms. The van der Waals surface area contributed by atoms with Crippen molar-refractivity contribution in [1.29, 1.82) is 0 Å². The van der Waals surface area contributed by atoms with E-state index in [1.54, 1.807) is 0 Å². The predicted molar refractivity (Wildman–Crippen MR) is 119 cm³/mol. The van der Waals surface area contributed by atoms with E-state index in [0.717, 1.165) is 24.4 Å². The van der Waals surface area contributed by atoms with E-state index in [1.807, 2.05) is 0 Å². The summed E-state index contributed by atoms with van der Waals surface area (Å²) in [7, 11) is 0. The van der Waals surface area contributed by atoms with Crippen molar-refractivity contribution in [2.24, 2.45) is 22.7 Å². The molecule has 0 aromatic heterocycles. The average Bonchev–Trinajstić information content (AvgIpc) is 3.37. The first-order valence-corrected chi connectivity index (χ1v) is 12.0. The summed E-state index contributed by atoms with van der Waals surface area (Å²) < 4.78 is 6.90. The lowest BCUT2D eigenvalue weighted by molar-refractivity contribution is -0.178. The van der Waals surface area contributed by atoms with E-state index in [9.17, 15) is 0 Å². The molecule has 2 atom stereocenters. The Hall–Kier alpha value is -0.120. The number of hydrogen-bond donors (Lipinski definition) is 0. The maximum atomic E-state index is 6.90. The fraction of sp³-hybridized carbons (Fsp3) is 1.00. The van der Waals surface area contributed by atoms with Gasteiger partial charge in [-0.25, -0.2) is 0 Å². The number of likely N-dealkylation sites (tertiary alicyclic amines) is 2. The number of nitrogens with zero attached hydrogens (tertiary/aromatic N) is 2. The molecule has 3 fully saturated rings. The molecule has 0 bridgehead atoms. The summed E-state index contributed by atoms with van der Waals surface area (Å²) in [5.41, 5.74) is 0.759. The van der Waals surface area contributed by atoms with Crippen molar-refractivity contribution < 1.29 is 4.74 Å². The summed E-state index contributed by atoms with van der Waals surface area (Å²) >= 11 is 0. The molecule has 2 unspecified atom stereocenters. The van der Waals surface area contributed by atoms with Crippen molar-refractivity contribution in [3.05, 3.63) is 0 Å². The molecular weight excluding hydrogens is 344 g/mol. The molecule has 3 aliphatic rings. The van der Waals surface area contributed by atoms with Crippen LogP contribution in [0.3, 0.4) is 0 Å². The van der Waals surface area contributed by atoms with Crippen molar-refractivity contribution in [1.82, 2.24) is 9.80 Å². The van der Waals surface area contributed by atoms with Crippen LogP contribution in [0.5, 0.6) is 0 Å². The van der Waals surface area contributed by atoms with Gasteiger partial charge in [-0.3, -0.25) is 4.90 Å². The van der Waals surface area contributed by atoms with Gasteiger partial charge >= 0.3 is 0 Å². The van der Waals surface area contributed by atoms with Gasteiger partial charge in [0, 0.05) is 19.1 Å². The van der Waals surface area contributed by atoms with E-state index >= 15 is 0 Å². The van der Waals surface area contributed by atoms with Crippen molar-refractivity contribution in [2.45, 2.75) is 112 Å². The quantitative estimate of drug-likeness (QED) is 0.589. The Morgan fingerprint density at radius 3 is 1.75 bits per heavy atom. The van der Waals surface area contributed by atoms with E-state index in [-0.39, 0.29) is 5.60 Å². The van der Waals surface area contributed by atoms with Gasteiger partial charge in [-0.1, -0.05) is 41.5 Å². The maximum Gasteiger partial charge on any atom is 0.111 e. The molecule has 164 valence electrons. The molecule has 0 aromatic rings. The largest absolute Gasteiger partial charge is 0.356 e. The third-order valence-electron chi connectivity index (χ3n) is 7.70. The minimum absolute atomic E-state index is 0.0772. The normalized spacial score (nSPS) is 30.0. The highest BCUT2D eigenvalue weighted by atomic mass is 16.5. The summed E-state index contributed by atoms with van der Waals surface area (Å²) in [6.07, 6.45) is 8.28. The maximum absolute atomic E-state index is 6.90. The molecule has 1 aliphatic carbocycles. The molecule has 3 heteroatoms. The molecule has 3 nitrogen and oxygen atoms in total. The number of hydrogen-bond acceptors (Lipinski definition) is 3. The SMILES string of the molecule is CC(C)(CN1CCC(C(C)(C)C)CC1)OC1CC(C(C)(C)C)CCN1C1CC1. The minimum Gasteiger partial charge on any atom is -0.356 e. The number of rotatable bonds is 5. The second-order valence-corrected chi connectivity index (χ2v) is 12.8. The molecule has 0 radical (unpaired) electrons. The zero-order valence-corrected chi connectivity index (χ0v) is 20.2. The van der Waals surface area contributed by atoms with E-state index < -0.39 is 0 Å².